The summed E-state index contributed by atoms with van der Waals surface area (Å²) in [4.78, 5) is 23.8. The monoisotopic (exact) mass is 383 g/mol. The number of carbonyl (C=O) groups excluding carboxylic acids is 1. The quantitative estimate of drug-likeness (QED) is 0.669. The summed E-state index contributed by atoms with van der Waals surface area (Å²) in [5.41, 5.74) is 1.20. The number of carboxylic acids is 1. The second-order valence-electron chi connectivity index (χ2n) is 7.90. The van der Waals surface area contributed by atoms with Gasteiger partial charge >= 0.3 is 12.1 Å². The second kappa shape index (κ2) is 8.91. The maximum atomic E-state index is 12.3. The summed E-state index contributed by atoms with van der Waals surface area (Å²) in [5, 5.41) is 11.9. The molecule has 150 valence electrons. The summed E-state index contributed by atoms with van der Waals surface area (Å²) in [5.74, 6) is -1.07. The average molecular weight is 383 g/mol. The van der Waals surface area contributed by atoms with Gasteiger partial charge in [0.15, 0.2) is 0 Å². The van der Waals surface area contributed by atoms with E-state index in [9.17, 15) is 14.7 Å². The van der Waals surface area contributed by atoms with Crippen LogP contribution < -0.4 is 5.32 Å². The molecule has 1 amide bonds. The normalized spacial score (nSPS) is 13.4. The van der Waals surface area contributed by atoms with E-state index in [1.165, 1.54) is 6.92 Å². The minimum absolute atomic E-state index is 0.332. The fourth-order valence-electron chi connectivity index (χ4n) is 3.20. The van der Waals surface area contributed by atoms with Crippen molar-refractivity contribution in [3.8, 4) is 11.1 Å². The van der Waals surface area contributed by atoms with Gasteiger partial charge in [0.05, 0.1) is 0 Å². The van der Waals surface area contributed by atoms with Crippen LogP contribution in [-0.2, 0) is 16.0 Å². The minimum atomic E-state index is -1.33. The van der Waals surface area contributed by atoms with Crippen LogP contribution in [0.15, 0.2) is 54.6 Å². The number of benzene rings is 2. The van der Waals surface area contributed by atoms with E-state index >= 15 is 0 Å². The second-order valence-corrected chi connectivity index (χ2v) is 7.90. The highest BCUT2D eigenvalue weighted by molar-refractivity contribution is 5.84. The molecule has 0 bridgehead atoms. The van der Waals surface area contributed by atoms with E-state index in [1.54, 1.807) is 0 Å². The molecule has 0 aliphatic rings. The Labute approximate surface area is 166 Å². The van der Waals surface area contributed by atoms with Crippen molar-refractivity contribution in [2.45, 2.75) is 58.1 Å². The van der Waals surface area contributed by atoms with E-state index in [0.29, 0.717) is 19.3 Å². The van der Waals surface area contributed by atoms with Crippen molar-refractivity contribution in [1.82, 2.24) is 5.32 Å². The Balaban J connectivity index is 2.01. The van der Waals surface area contributed by atoms with Crippen LogP contribution in [0.25, 0.3) is 11.1 Å². The molecule has 2 rings (SSSR count). The maximum absolute atomic E-state index is 12.3. The third-order valence-corrected chi connectivity index (χ3v) is 4.66. The van der Waals surface area contributed by atoms with E-state index < -0.39 is 23.2 Å². The van der Waals surface area contributed by atoms with E-state index in [2.05, 4.69) is 17.4 Å². The molecule has 0 heterocycles. The van der Waals surface area contributed by atoms with Crippen LogP contribution in [0.4, 0.5) is 4.79 Å². The van der Waals surface area contributed by atoms with Gasteiger partial charge in [0.25, 0.3) is 0 Å². The molecule has 0 aliphatic carbocycles. The first kappa shape index (κ1) is 21.5. The highest BCUT2D eigenvalue weighted by Gasteiger charge is 2.36. The van der Waals surface area contributed by atoms with Crippen molar-refractivity contribution in [2.75, 3.05) is 0 Å². The standard InChI is InChI=1S/C23H29NO4/c1-5-15-23(4,20(25)26)24-21(27)28-22(2,3)16-17-11-13-19(14-12-17)18-9-7-6-8-10-18/h6-14H,5,15-16H2,1-4H3,(H,24,27)(H,25,26). The first-order valence-electron chi connectivity index (χ1n) is 9.54. The van der Waals surface area contributed by atoms with Gasteiger partial charge in [0.1, 0.15) is 11.1 Å². The molecule has 28 heavy (non-hydrogen) atoms. The van der Waals surface area contributed by atoms with Gasteiger partial charge < -0.3 is 15.2 Å². The summed E-state index contributed by atoms with van der Waals surface area (Å²) in [6.45, 7) is 7.00. The Morgan fingerprint density at radius 3 is 2.07 bits per heavy atom. The number of ether oxygens (including phenoxy) is 1. The van der Waals surface area contributed by atoms with E-state index in [4.69, 9.17) is 4.74 Å². The lowest BCUT2D eigenvalue weighted by molar-refractivity contribution is -0.144. The summed E-state index contributed by atoms with van der Waals surface area (Å²) in [6, 6.07) is 18.2. The van der Waals surface area contributed by atoms with Crippen LogP contribution in [0, 0.1) is 0 Å². The first-order chi connectivity index (χ1) is 13.1. The molecule has 0 radical (unpaired) electrons. The molecule has 0 saturated heterocycles. The fraction of sp³-hybridized carbons (Fsp3) is 0.391. The molecule has 5 heteroatoms. The Kier molecular flexibility index (Phi) is 6.84. The zero-order chi connectivity index (χ0) is 20.8. The van der Waals surface area contributed by atoms with Gasteiger partial charge in [-0.1, -0.05) is 67.9 Å². The van der Waals surface area contributed by atoms with Gasteiger partial charge in [-0.25, -0.2) is 9.59 Å². The van der Waals surface area contributed by atoms with Gasteiger partial charge in [0.2, 0.25) is 0 Å². The SMILES string of the molecule is CCCC(C)(NC(=O)OC(C)(C)Cc1ccc(-c2ccccc2)cc1)C(=O)O. The fourth-order valence-corrected chi connectivity index (χ4v) is 3.20. The van der Waals surface area contributed by atoms with Gasteiger partial charge in [0, 0.05) is 6.42 Å². The van der Waals surface area contributed by atoms with Crippen LogP contribution in [0.1, 0.15) is 46.1 Å². The Morgan fingerprint density at radius 1 is 0.964 bits per heavy atom. The van der Waals surface area contributed by atoms with Crippen molar-refractivity contribution in [2.24, 2.45) is 0 Å². The molecule has 0 spiro atoms. The molecule has 0 aliphatic heterocycles. The number of nitrogens with one attached hydrogen (secondary N) is 1. The first-order valence-corrected chi connectivity index (χ1v) is 9.54. The lowest BCUT2D eigenvalue weighted by atomic mass is 9.96. The average Bonchev–Trinajstić information content (AvgIpc) is 2.62. The van der Waals surface area contributed by atoms with Crippen LogP contribution >= 0.6 is 0 Å². The van der Waals surface area contributed by atoms with Gasteiger partial charge in [-0.15, -0.1) is 0 Å². The van der Waals surface area contributed by atoms with Crippen molar-refractivity contribution in [3.05, 3.63) is 60.2 Å². The number of hydrogen-bond donors (Lipinski definition) is 2. The molecule has 2 N–H and O–H groups in total. The number of carbonyl (C=O) groups is 2. The Bertz CT molecular complexity index is 799. The van der Waals surface area contributed by atoms with Gasteiger partial charge in [-0.05, 0) is 43.9 Å². The van der Waals surface area contributed by atoms with E-state index in [0.717, 1.165) is 16.7 Å². The zero-order valence-corrected chi connectivity index (χ0v) is 17.0. The minimum Gasteiger partial charge on any atom is -0.480 e. The van der Waals surface area contributed by atoms with Crippen LogP contribution in [-0.4, -0.2) is 28.3 Å². The molecule has 2 aromatic carbocycles. The van der Waals surface area contributed by atoms with E-state index in [1.807, 2.05) is 63.2 Å². The molecule has 0 fully saturated rings. The number of carboxylic acid groups (broad SMARTS) is 1. The highest BCUT2D eigenvalue weighted by atomic mass is 16.6. The molecule has 0 aromatic heterocycles. The molecule has 0 saturated carbocycles. The third kappa shape index (κ3) is 5.84. The van der Waals surface area contributed by atoms with Crippen molar-refractivity contribution < 1.29 is 19.4 Å². The molecular weight excluding hydrogens is 354 g/mol. The number of hydrogen-bond acceptors (Lipinski definition) is 3. The van der Waals surface area contributed by atoms with E-state index in [-0.39, 0.29) is 0 Å². The summed E-state index contributed by atoms with van der Waals surface area (Å²) >= 11 is 0. The largest absolute Gasteiger partial charge is 0.480 e. The van der Waals surface area contributed by atoms with Crippen LogP contribution in [0.3, 0.4) is 0 Å². The number of amides is 1. The molecular formula is C23H29NO4. The van der Waals surface area contributed by atoms with Gasteiger partial charge in [-0.3, -0.25) is 0 Å². The molecule has 1 unspecified atom stereocenters. The predicted molar refractivity (Wildman–Crippen MR) is 110 cm³/mol. The van der Waals surface area contributed by atoms with Gasteiger partial charge in [-0.2, -0.15) is 0 Å². The summed E-state index contributed by atoms with van der Waals surface area (Å²) in [7, 11) is 0. The predicted octanol–water partition coefficient (Wildman–Crippen LogP) is 5.04. The van der Waals surface area contributed by atoms with Crippen LogP contribution in [0.2, 0.25) is 0 Å². The molecule has 2 aromatic rings. The maximum Gasteiger partial charge on any atom is 0.408 e. The van der Waals surface area contributed by atoms with Crippen molar-refractivity contribution in [3.63, 3.8) is 0 Å². The summed E-state index contributed by atoms with van der Waals surface area (Å²) < 4.78 is 5.54. The zero-order valence-electron chi connectivity index (χ0n) is 17.0. The van der Waals surface area contributed by atoms with Crippen molar-refractivity contribution >= 4 is 12.1 Å². The highest BCUT2D eigenvalue weighted by Crippen LogP contribution is 2.23. The van der Waals surface area contributed by atoms with Crippen LogP contribution in [0.5, 0.6) is 0 Å². The lowest BCUT2D eigenvalue weighted by Crippen LogP contribution is -2.53. The molecule has 5 nitrogen and oxygen atoms in total. The Hall–Kier alpha value is -2.82. The van der Waals surface area contributed by atoms with Crippen molar-refractivity contribution in [1.29, 1.82) is 0 Å². The lowest BCUT2D eigenvalue weighted by Gasteiger charge is -2.30. The topological polar surface area (TPSA) is 75.6 Å². The smallest absolute Gasteiger partial charge is 0.408 e. The number of alkyl carbamates (subject to hydrolysis) is 1. The number of aliphatic carboxylic acids is 1. The summed E-state index contributed by atoms with van der Waals surface area (Å²) in [6.07, 6.45) is 0.774. The number of rotatable bonds is 8. The molecule has 1 atom stereocenters. The Morgan fingerprint density at radius 2 is 1.54 bits per heavy atom. The third-order valence-electron chi connectivity index (χ3n) is 4.66.